The number of carbonyl (C=O) groups is 3. The number of hydrogen-bond donors (Lipinski definition) is 1. The quantitative estimate of drug-likeness (QED) is 0.218. The summed E-state index contributed by atoms with van der Waals surface area (Å²) in [4.78, 5) is 44.4. The third-order valence-electron chi connectivity index (χ3n) is 5.21. The first-order valence-electron chi connectivity index (χ1n) is 11.0. The first-order valence-corrected chi connectivity index (χ1v) is 11.8. The lowest BCUT2D eigenvalue weighted by Crippen LogP contribution is -2.29. The maximum Gasteiger partial charge on any atom is 0.350 e. The Morgan fingerprint density at radius 1 is 1.23 bits per heavy atom. The minimum Gasteiger partial charge on any atom is -0.507 e. The SMILES string of the molecule is CCOC(=O)c1sc(N2C(=O)C(=O)/C(=C(/O)c3ccc(OC(C)C)cc3)[C@H]2c2ccco2)nc1C. The zero-order chi connectivity index (χ0) is 25.3. The first-order chi connectivity index (χ1) is 16.7. The van der Waals surface area contributed by atoms with E-state index < -0.39 is 23.7 Å². The number of anilines is 1. The van der Waals surface area contributed by atoms with Crippen LogP contribution in [0.2, 0.25) is 0 Å². The molecule has 3 aromatic rings. The highest BCUT2D eigenvalue weighted by atomic mass is 32.1. The van der Waals surface area contributed by atoms with Crippen LogP contribution in [0.4, 0.5) is 5.13 Å². The molecule has 0 unspecified atom stereocenters. The molecule has 4 rings (SSSR count). The van der Waals surface area contributed by atoms with Crippen LogP contribution in [0.1, 0.15) is 53.5 Å². The summed E-state index contributed by atoms with van der Waals surface area (Å²) in [5.74, 6) is -1.85. The van der Waals surface area contributed by atoms with E-state index >= 15 is 0 Å². The van der Waals surface area contributed by atoms with Crippen LogP contribution in [0, 0.1) is 6.92 Å². The van der Waals surface area contributed by atoms with Crippen molar-refractivity contribution in [2.24, 2.45) is 0 Å². The number of ketones is 1. The van der Waals surface area contributed by atoms with Gasteiger partial charge in [0.1, 0.15) is 28.2 Å². The van der Waals surface area contributed by atoms with Crippen molar-refractivity contribution in [3.63, 3.8) is 0 Å². The third kappa shape index (κ3) is 4.57. The molecule has 0 saturated carbocycles. The van der Waals surface area contributed by atoms with Gasteiger partial charge in [0, 0.05) is 5.56 Å². The summed E-state index contributed by atoms with van der Waals surface area (Å²) >= 11 is 0.934. The fraction of sp³-hybridized carbons (Fsp3) is 0.280. The molecule has 0 aliphatic carbocycles. The van der Waals surface area contributed by atoms with Crippen LogP contribution < -0.4 is 9.64 Å². The van der Waals surface area contributed by atoms with Crippen molar-refractivity contribution < 1.29 is 33.4 Å². The van der Waals surface area contributed by atoms with E-state index in [0.29, 0.717) is 17.0 Å². The molecule has 0 bridgehead atoms. The Morgan fingerprint density at radius 2 is 1.94 bits per heavy atom. The van der Waals surface area contributed by atoms with E-state index in [0.717, 1.165) is 16.2 Å². The van der Waals surface area contributed by atoms with Gasteiger partial charge < -0.3 is 19.0 Å². The molecular weight excluding hydrogens is 472 g/mol. The molecule has 1 saturated heterocycles. The molecule has 1 fully saturated rings. The molecule has 0 spiro atoms. The Morgan fingerprint density at radius 3 is 2.54 bits per heavy atom. The van der Waals surface area contributed by atoms with E-state index in [1.807, 2.05) is 13.8 Å². The Hall–Kier alpha value is -3.92. The number of ether oxygens (including phenoxy) is 2. The zero-order valence-corrected chi connectivity index (χ0v) is 20.4. The van der Waals surface area contributed by atoms with Crippen molar-refractivity contribution in [2.75, 3.05) is 11.5 Å². The second-order valence-corrected chi connectivity index (χ2v) is 8.98. The third-order valence-corrected chi connectivity index (χ3v) is 6.35. The van der Waals surface area contributed by atoms with Gasteiger partial charge in [-0.15, -0.1) is 0 Å². The van der Waals surface area contributed by atoms with Gasteiger partial charge >= 0.3 is 11.9 Å². The molecule has 1 aliphatic heterocycles. The van der Waals surface area contributed by atoms with Gasteiger partial charge in [-0.25, -0.2) is 9.78 Å². The van der Waals surface area contributed by atoms with Crippen LogP contribution in [-0.4, -0.2) is 40.5 Å². The summed E-state index contributed by atoms with van der Waals surface area (Å²) in [5, 5.41) is 11.3. The fourth-order valence-electron chi connectivity index (χ4n) is 3.74. The monoisotopic (exact) mass is 496 g/mol. The van der Waals surface area contributed by atoms with Crippen LogP contribution >= 0.6 is 11.3 Å². The molecule has 3 heterocycles. The van der Waals surface area contributed by atoms with E-state index in [1.54, 1.807) is 50.2 Å². The molecule has 1 N–H and O–H groups in total. The Labute approximate surface area is 205 Å². The van der Waals surface area contributed by atoms with Crippen molar-refractivity contribution in [1.82, 2.24) is 4.98 Å². The van der Waals surface area contributed by atoms with Crippen molar-refractivity contribution in [3.8, 4) is 5.75 Å². The molecule has 10 heteroatoms. The number of aliphatic hydroxyl groups is 1. The molecule has 1 aromatic carbocycles. The van der Waals surface area contributed by atoms with Crippen molar-refractivity contribution in [3.05, 3.63) is 70.1 Å². The van der Waals surface area contributed by atoms with Crippen LogP contribution in [0.25, 0.3) is 5.76 Å². The van der Waals surface area contributed by atoms with Gasteiger partial charge in [0.15, 0.2) is 5.13 Å². The standard InChI is InChI=1S/C25H24N2O7S/c1-5-32-24(31)22-14(4)26-25(35-22)27-19(17-7-6-12-33-17)18(21(29)23(27)30)20(28)15-8-10-16(11-9-15)34-13(2)3/h6-13,19,28H,5H2,1-4H3/b20-18+/t19-/m1/s1. The van der Waals surface area contributed by atoms with Crippen LogP contribution in [0.5, 0.6) is 5.75 Å². The number of aliphatic hydroxyl groups excluding tert-OH is 1. The Bertz CT molecular complexity index is 1290. The summed E-state index contributed by atoms with van der Waals surface area (Å²) in [6.45, 7) is 7.28. The van der Waals surface area contributed by atoms with E-state index in [-0.39, 0.29) is 39.8 Å². The number of amides is 1. The number of nitrogens with zero attached hydrogens (tertiary/aromatic N) is 2. The molecule has 2 aromatic heterocycles. The number of rotatable bonds is 7. The summed E-state index contributed by atoms with van der Waals surface area (Å²) in [5.41, 5.74) is 0.551. The summed E-state index contributed by atoms with van der Waals surface area (Å²) in [6, 6.07) is 8.69. The number of thiazole rings is 1. The molecule has 9 nitrogen and oxygen atoms in total. The van der Waals surface area contributed by atoms with Gasteiger partial charge in [0.25, 0.3) is 5.78 Å². The summed E-state index contributed by atoms with van der Waals surface area (Å²) in [6.07, 6.45) is 1.38. The van der Waals surface area contributed by atoms with Crippen molar-refractivity contribution >= 4 is 39.9 Å². The number of aromatic nitrogens is 1. The highest BCUT2D eigenvalue weighted by molar-refractivity contribution is 7.17. The number of esters is 1. The smallest absolute Gasteiger partial charge is 0.350 e. The lowest BCUT2D eigenvalue weighted by Gasteiger charge is -2.20. The predicted molar refractivity (Wildman–Crippen MR) is 129 cm³/mol. The van der Waals surface area contributed by atoms with Gasteiger partial charge in [0.2, 0.25) is 0 Å². The highest BCUT2D eigenvalue weighted by Crippen LogP contribution is 2.44. The Balaban J connectivity index is 1.81. The first kappa shape index (κ1) is 24.2. The molecular formula is C25H24N2O7S. The molecule has 35 heavy (non-hydrogen) atoms. The second-order valence-electron chi connectivity index (χ2n) is 8.01. The van der Waals surface area contributed by atoms with Crippen LogP contribution in [0.15, 0.2) is 52.7 Å². The Kier molecular flexibility index (Phi) is 6.74. The normalized spacial score (nSPS) is 17.3. The molecule has 1 aliphatic rings. The highest BCUT2D eigenvalue weighted by Gasteiger charge is 2.49. The predicted octanol–water partition coefficient (Wildman–Crippen LogP) is 4.63. The molecule has 182 valence electrons. The average molecular weight is 497 g/mol. The van der Waals surface area contributed by atoms with E-state index in [2.05, 4.69) is 4.98 Å². The topological polar surface area (TPSA) is 119 Å². The minimum absolute atomic E-state index is 0.0278. The largest absolute Gasteiger partial charge is 0.507 e. The van der Waals surface area contributed by atoms with Gasteiger partial charge in [-0.05, 0) is 64.1 Å². The number of hydrogen-bond acceptors (Lipinski definition) is 9. The minimum atomic E-state index is -1.07. The van der Waals surface area contributed by atoms with Gasteiger partial charge in [-0.1, -0.05) is 11.3 Å². The zero-order valence-electron chi connectivity index (χ0n) is 19.6. The number of carbonyl (C=O) groups excluding carboxylic acids is 3. The number of Topliss-reactive ketones (excluding diaryl/α,β-unsaturated/α-hetero) is 1. The van der Waals surface area contributed by atoms with E-state index in [9.17, 15) is 19.5 Å². The molecule has 1 atom stereocenters. The van der Waals surface area contributed by atoms with Crippen molar-refractivity contribution in [1.29, 1.82) is 0 Å². The lowest BCUT2D eigenvalue weighted by molar-refractivity contribution is -0.132. The number of benzene rings is 1. The number of aryl methyl sites for hydroxylation is 1. The molecule has 0 radical (unpaired) electrons. The van der Waals surface area contributed by atoms with E-state index in [4.69, 9.17) is 13.9 Å². The van der Waals surface area contributed by atoms with Crippen LogP contribution in [-0.2, 0) is 14.3 Å². The second kappa shape index (κ2) is 9.75. The van der Waals surface area contributed by atoms with E-state index in [1.165, 1.54) is 6.26 Å². The van der Waals surface area contributed by atoms with Gasteiger partial charge in [0.05, 0.1) is 30.2 Å². The average Bonchev–Trinajstić information content (AvgIpc) is 3.53. The van der Waals surface area contributed by atoms with Gasteiger partial charge in [-0.2, -0.15) is 0 Å². The number of furan rings is 1. The maximum absolute atomic E-state index is 13.2. The molecule has 1 amide bonds. The van der Waals surface area contributed by atoms with Crippen molar-refractivity contribution in [2.45, 2.75) is 39.8 Å². The summed E-state index contributed by atoms with van der Waals surface area (Å²) < 4.78 is 16.2. The van der Waals surface area contributed by atoms with Gasteiger partial charge in [-0.3, -0.25) is 14.5 Å². The van der Waals surface area contributed by atoms with Crippen LogP contribution in [0.3, 0.4) is 0 Å². The lowest BCUT2D eigenvalue weighted by atomic mass is 9.99. The summed E-state index contributed by atoms with van der Waals surface area (Å²) in [7, 11) is 0. The fourth-order valence-corrected chi connectivity index (χ4v) is 4.72. The maximum atomic E-state index is 13.2.